The largest absolute Gasteiger partial charge is 0.289 e. The number of aryl methyl sites for hydroxylation is 1. The summed E-state index contributed by atoms with van der Waals surface area (Å²) in [6.07, 6.45) is 9.00. The van der Waals surface area contributed by atoms with E-state index in [-0.39, 0.29) is 11.9 Å². The first-order chi connectivity index (χ1) is 14.8. The summed E-state index contributed by atoms with van der Waals surface area (Å²) in [6, 6.07) is 14.9. The van der Waals surface area contributed by atoms with Gasteiger partial charge in [-0.1, -0.05) is 30.3 Å². The lowest BCUT2D eigenvalue weighted by Gasteiger charge is -2.35. The zero-order valence-electron chi connectivity index (χ0n) is 17.1. The molecule has 0 bridgehead atoms. The fourth-order valence-electron chi connectivity index (χ4n) is 4.44. The Kier molecular flexibility index (Phi) is 6.67. The molecule has 156 valence electrons. The van der Waals surface area contributed by atoms with Gasteiger partial charge in [-0.2, -0.15) is 0 Å². The number of unbranched alkanes of at least 4 members (excludes halogenated alkanes) is 1. The molecule has 6 heteroatoms. The lowest BCUT2D eigenvalue weighted by Crippen LogP contribution is -2.33. The predicted octanol–water partition coefficient (Wildman–Crippen LogP) is 4.19. The number of fused-ring (bicyclic) bond motifs is 2. The molecule has 2 heterocycles. The van der Waals surface area contributed by atoms with Crippen LogP contribution in [0.4, 0.5) is 0 Å². The number of rotatable bonds is 8. The molecule has 1 aliphatic carbocycles. The van der Waals surface area contributed by atoms with Crippen LogP contribution in [0, 0.1) is 0 Å². The van der Waals surface area contributed by atoms with Gasteiger partial charge in [-0.05, 0) is 61.7 Å². The molecule has 30 heavy (non-hydrogen) atoms. The standard InChI is InChI=1S/C24H28N4O2/c29-23(27-30)12-3-4-16-28(22-11-5-8-19-9-6-14-26-24(19)22)17-21-20-10-2-1-7-18(20)13-15-25-21/h1-2,6-7,9-10,13-15,22,30H,3-5,8,11-12,16-17H2,(H,27,29)/t22-/m0/s1. The van der Waals surface area contributed by atoms with E-state index in [1.807, 2.05) is 24.5 Å². The molecule has 0 saturated heterocycles. The Bertz CT molecular complexity index is 1000. The Morgan fingerprint density at radius 3 is 2.90 bits per heavy atom. The molecule has 4 rings (SSSR count). The molecular formula is C24H28N4O2. The van der Waals surface area contributed by atoms with Crippen molar-refractivity contribution in [1.29, 1.82) is 0 Å². The minimum atomic E-state index is -0.332. The summed E-state index contributed by atoms with van der Waals surface area (Å²) in [6.45, 7) is 1.60. The molecule has 1 aromatic carbocycles. The van der Waals surface area contributed by atoms with Crippen LogP contribution < -0.4 is 5.48 Å². The molecule has 1 aliphatic rings. The van der Waals surface area contributed by atoms with Crippen molar-refractivity contribution in [3.05, 3.63) is 71.8 Å². The smallest absolute Gasteiger partial charge is 0.243 e. The highest BCUT2D eigenvalue weighted by Gasteiger charge is 2.27. The van der Waals surface area contributed by atoms with Gasteiger partial charge in [0, 0.05) is 30.7 Å². The van der Waals surface area contributed by atoms with E-state index in [9.17, 15) is 4.79 Å². The number of amides is 1. The molecule has 0 spiro atoms. The quantitative estimate of drug-likeness (QED) is 0.334. The molecule has 2 N–H and O–H groups in total. The summed E-state index contributed by atoms with van der Waals surface area (Å²) in [5, 5.41) is 11.1. The number of hydrogen-bond acceptors (Lipinski definition) is 5. The van der Waals surface area contributed by atoms with Crippen LogP contribution in [0.5, 0.6) is 0 Å². The first-order valence-electron chi connectivity index (χ1n) is 10.7. The Morgan fingerprint density at radius 1 is 1.10 bits per heavy atom. The zero-order valence-corrected chi connectivity index (χ0v) is 17.1. The monoisotopic (exact) mass is 404 g/mol. The van der Waals surface area contributed by atoms with Gasteiger partial charge in [0.1, 0.15) is 0 Å². The van der Waals surface area contributed by atoms with Crippen molar-refractivity contribution < 1.29 is 10.0 Å². The predicted molar refractivity (Wildman–Crippen MR) is 116 cm³/mol. The molecular weight excluding hydrogens is 376 g/mol. The van der Waals surface area contributed by atoms with E-state index < -0.39 is 0 Å². The van der Waals surface area contributed by atoms with E-state index in [1.54, 1.807) is 5.48 Å². The molecule has 1 atom stereocenters. The number of carbonyl (C=O) groups is 1. The maximum atomic E-state index is 11.4. The molecule has 0 radical (unpaired) electrons. The Balaban J connectivity index is 1.58. The van der Waals surface area contributed by atoms with Gasteiger partial charge in [-0.25, -0.2) is 5.48 Å². The van der Waals surface area contributed by atoms with E-state index in [0.717, 1.165) is 50.9 Å². The number of hydroxylamine groups is 1. The highest BCUT2D eigenvalue weighted by molar-refractivity contribution is 5.84. The van der Waals surface area contributed by atoms with Gasteiger partial charge in [0.2, 0.25) is 5.91 Å². The normalized spacial score (nSPS) is 15.9. The van der Waals surface area contributed by atoms with Gasteiger partial charge < -0.3 is 0 Å². The molecule has 0 unspecified atom stereocenters. The van der Waals surface area contributed by atoms with Crippen molar-refractivity contribution in [1.82, 2.24) is 20.3 Å². The number of hydrogen-bond donors (Lipinski definition) is 2. The number of nitrogens with one attached hydrogen (secondary N) is 1. The van der Waals surface area contributed by atoms with Crippen LogP contribution >= 0.6 is 0 Å². The van der Waals surface area contributed by atoms with Gasteiger partial charge in [0.15, 0.2) is 0 Å². The van der Waals surface area contributed by atoms with Crippen molar-refractivity contribution in [2.75, 3.05) is 6.54 Å². The number of aromatic nitrogens is 2. The third kappa shape index (κ3) is 4.66. The molecule has 6 nitrogen and oxygen atoms in total. The first-order valence-corrected chi connectivity index (χ1v) is 10.7. The third-order valence-electron chi connectivity index (χ3n) is 5.94. The second-order valence-corrected chi connectivity index (χ2v) is 7.90. The maximum absolute atomic E-state index is 11.4. The average molecular weight is 405 g/mol. The Morgan fingerprint density at radius 2 is 2.00 bits per heavy atom. The van der Waals surface area contributed by atoms with Crippen molar-refractivity contribution >= 4 is 16.7 Å². The number of benzene rings is 1. The fraction of sp³-hybridized carbons (Fsp3) is 0.375. The Labute approximate surface area is 176 Å². The highest BCUT2D eigenvalue weighted by Crippen LogP contribution is 2.34. The van der Waals surface area contributed by atoms with Gasteiger partial charge >= 0.3 is 0 Å². The van der Waals surface area contributed by atoms with Crippen molar-refractivity contribution in [3.8, 4) is 0 Å². The summed E-state index contributed by atoms with van der Waals surface area (Å²) >= 11 is 0. The number of nitrogens with zero attached hydrogens (tertiary/aromatic N) is 3. The summed E-state index contributed by atoms with van der Waals surface area (Å²) in [4.78, 5) is 23.3. The van der Waals surface area contributed by atoms with Crippen molar-refractivity contribution in [2.45, 2.75) is 51.1 Å². The van der Waals surface area contributed by atoms with Crippen LogP contribution in [0.2, 0.25) is 0 Å². The minimum Gasteiger partial charge on any atom is -0.289 e. The van der Waals surface area contributed by atoms with Gasteiger partial charge in [0.25, 0.3) is 0 Å². The van der Waals surface area contributed by atoms with E-state index in [2.05, 4.69) is 35.2 Å². The van der Waals surface area contributed by atoms with Crippen molar-refractivity contribution in [2.24, 2.45) is 0 Å². The minimum absolute atomic E-state index is 0.252. The lowest BCUT2D eigenvalue weighted by molar-refractivity contribution is -0.129. The van der Waals surface area contributed by atoms with E-state index in [0.29, 0.717) is 6.42 Å². The number of pyridine rings is 2. The highest BCUT2D eigenvalue weighted by atomic mass is 16.5. The molecule has 3 aromatic rings. The summed E-state index contributed by atoms with van der Waals surface area (Å²) < 4.78 is 0. The van der Waals surface area contributed by atoms with E-state index in [4.69, 9.17) is 15.2 Å². The second-order valence-electron chi connectivity index (χ2n) is 7.90. The lowest BCUT2D eigenvalue weighted by atomic mass is 9.90. The van der Waals surface area contributed by atoms with Crippen LogP contribution in [0.1, 0.15) is 55.1 Å². The van der Waals surface area contributed by atoms with Crippen LogP contribution in [0.15, 0.2) is 54.9 Å². The second kappa shape index (κ2) is 9.78. The number of carbonyl (C=O) groups excluding carboxylic acids is 1. The molecule has 1 amide bonds. The molecule has 0 fully saturated rings. The van der Waals surface area contributed by atoms with Crippen LogP contribution in [-0.2, 0) is 17.8 Å². The SMILES string of the molecule is O=C(CCCCN(Cc1nccc2ccccc12)[C@H]1CCCc2cccnc21)NO. The molecule has 0 saturated carbocycles. The summed E-state index contributed by atoms with van der Waals surface area (Å²) in [5.74, 6) is -0.332. The van der Waals surface area contributed by atoms with Crippen molar-refractivity contribution in [3.63, 3.8) is 0 Å². The van der Waals surface area contributed by atoms with Crippen LogP contribution in [0.3, 0.4) is 0 Å². The zero-order chi connectivity index (χ0) is 20.8. The average Bonchev–Trinajstić information content (AvgIpc) is 2.80. The summed E-state index contributed by atoms with van der Waals surface area (Å²) in [7, 11) is 0. The van der Waals surface area contributed by atoms with E-state index in [1.165, 1.54) is 22.0 Å². The topological polar surface area (TPSA) is 78.4 Å². The molecule has 0 aliphatic heterocycles. The Hall–Kier alpha value is -2.83. The third-order valence-corrected chi connectivity index (χ3v) is 5.94. The summed E-state index contributed by atoms with van der Waals surface area (Å²) in [5.41, 5.74) is 5.31. The van der Waals surface area contributed by atoms with Gasteiger partial charge in [0.05, 0.1) is 17.4 Å². The van der Waals surface area contributed by atoms with E-state index >= 15 is 0 Å². The maximum Gasteiger partial charge on any atom is 0.243 e. The van der Waals surface area contributed by atoms with Crippen LogP contribution in [0.25, 0.3) is 10.8 Å². The first kappa shape index (κ1) is 20.4. The van der Waals surface area contributed by atoms with Gasteiger partial charge in [-0.15, -0.1) is 0 Å². The van der Waals surface area contributed by atoms with Crippen LogP contribution in [-0.4, -0.2) is 32.5 Å². The fourth-order valence-corrected chi connectivity index (χ4v) is 4.44. The van der Waals surface area contributed by atoms with Gasteiger partial charge in [-0.3, -0.25) is 24.9 Å². The molecule has 2 aromatic heterocycles.